The fourth-order valence-electron chi connectivity index (χ4n) is 3.79. The third-order valence-electron chi connectivity index (χ3n) is 5.42. The Morgan fingerprint density at radius 1 is 1.21 bits per heavy atom. The number of halogens is 1. The minimum Gasteiger partial charge on any atom is -0.504 e. The number of para-hydroxylation sites is 1. The van der Waals surface area contributed by atoms with E-state index in [2.05, 4.69) is 10.5 Å². The molecule has 1 fully saturated rings. The molecule has 3 rings (SSSR count). The number of nitrogens with one attached hydrogen (secondary N) is 1. The molecule has 2 N–H and O–H groups in total. The van der Waals surface area contributed by atoms with Gasteiger partial charge in [0, 0.05) is 16.6 Å². The SMILES string of the molecule is CCOc1cccc(/C=N\NC(=O)CN(C2CCCCC2)S(=O)(=O)c2ccc(Cl)cc2)c1O. The number of carbonyl (C=O) groups is 1. The molecule has 0 aromatic heterocycles. The van der Waals surface area contributed by atoms with Crippen LogP contribution in [0, 0.1) is 0 Å². The van der Waals surface area contributed by atoms with Crippen LogP contribution in [-0.4, -0.2) is 49.1 Å². The lowest BCUT2D eigenvalue weighted by atomic mass is 9.95. The van der Waals surface area contributed by atoms with Crippen LogP contribution in [0.2, 0.25) is 5.02 Å². The summed E-state index contributed by atoms with van der Waals surface area (Å²) < 4.78 is 33.3. The summed E-state index contributed by atoms with van der Waals surface area (Å²) in [4.78, 5) is 12.7. The molecular formula is C23H28ClN3O5S. The second-order valence-corrected chi connectivity index (χ2v) is 10.0. The smallest absolute Gasteiger partial charge is 0.255 e. The third-order valence-corrected chi connectivity index (χ3v) is 7.59. The van der Waals surface area contributed by atoms with Crippen molar-refractivity contribution in [2.75, 3.05) is 13.2 Å². The van der Waals surface area contributed by atoms with E-state index in [1.54, 1.807) is 25.1 Å². The highest BCUT2D eigenvalue weighted by molar-refractivity contribution is 7.89. The van der Waals surface area contributed by atoms with Crippen molar-refractivity contribution in [1.29, 1.82) is 0 Å². The lowest BCUT2D eigenvalue weighted by Crippen LogP contribution is -2.46. The number of hydrogen-bond acceptors (Lipinski definition) is 6. The van der Waals surface area contributed by atoms with Gasteiger partial charge in [-0.2, -0.15) is 9.41 Å². The molecule has 2 aromatic rings. The number of carbonyl (C=O) groups excluding carboxylic acids is 1. The maximum absolute atomic E-state index is 13.3. The second kappa shape index (κ2) is 11.5. The van der Waals surface area contributed by atoms with Crippen LogP contribution in [0.1, 0.15) is 44.6 Å². The number of rotatable bonds is 9. The molecular weight excluding hydrogens is 466 g/mol. The molecule has 0 heterocycles. The largest absolute Gasteiger partial charge is 0.504 e. The van der Waals surface area contributed by atoms with E-state index >= 15 is 0 Å². The number of phenols is 1. The molecule has 1 aliphatic carbocycles. The molecule has 33 heavy (non-hydrogen) atoms. The lowest BCUT2D eigenvalue weighted by Gasteiger charge is -2.32. The average Bonchev–Trinajstić information content (AvgIpc) is 2.81. The molecule has 0 atom stereocenters. The van der Waals surface area contributed by atoms with Crippen molar-refractivity contribution in [3.8, 4) is 11.5 Å². The number of amides is 1. The van der Waals surface area contributed by atoms with E-state index in [1.807, 2.05) is 0 Å². The van der Waals surface area contributed by atoms with Crippen molar-refractivity contribution in [3.05, 3.63) is 53.1 Å². The molecule has 0 aliphatic heterocycles. The van der Waals surface area contributed by atoms with Crippen LogP contribution in [-0.2, 0) is 14.8 Å². The lowest BCUT2D eigenvalue weighted by molar-refractivity contribution is -0.121. The summed E-state index contributed by atoms with van der Waals surface area (Å²) in [7, 11) is -3.90. The standard InChI is InChI=1S/C23H28ClN3O5S/c1-2-32-21-10-6-7-17(23(21)29)15-25-26-22(28)16-27(19-8-4-3-5-9-19)33(30,31)20-13-11-18(24)12-14-20/h6-7,10-15,19,29H,2-5,8-9,16H2,1H3,(H,26,28)/b25-15-. The predicted molar refractivity (Wildman–Crippen MR) is 127 cm³/mol. The van der Waals surface area contributed by atoms with Gasteiger partial charge < -0.3 is 9.84 Å². The van der Waals surface area contributed by atoms with Gasteiger partial charge in [-0.25, -0.2) is 13.8 Å². The van der Waals surface area contributed by atoms with Gasteiger partial charge in [0.25, 0.3) is 5.91 Å². The highest BCUT2D eigenvalue weighted by Gasteiger charge is 2.33. The number of hydrogen-bond donors (Lipinski definition) is 2. The van der Waals surface area contributed by atoms with E-state index in [-0.39, 0.29) is 23.2 Å². The summed E-state index contributed by atoms with van der Waals surface area (Å²) in [6.07, 6.45) is 5.54. The molecule has 0 saturated heterocycles. The van der Waals surface area contributed by atoms with E-state index in [9.17, 15) is 18.3 Å². The minimum atomic E-state index is -3.90. The molecule has 0 unspecified atom stereocenters. The number of phenolic OH excluding ortho intramolecular Hbond substituents is 1. The van der Waals surface area contributed by atoms with Crippen molar-refractivity contribution in [3.63, 3.8) is 0 Å². The van der Waals surface area contributed by atoms with Gasteiger partial charge in [0.1, 0.15) is 0 Å². The molecule has 0 radical (unpaired) electrons. The Kier molecular flexibility index (Phi) is 8.71. The first-order valence-corrected chi connectivity index (χ1v) is 12.7. The van der Waals surface area contributed by atoms with E-state index in [4.69, 9.17) is 16.3 Å². The number of benzene rings is 2. The zero-order valence-corrected chi connectivity index (χ0v) is 20.0. The van der Waals surface area contributed by atoms with E-state index in [1.165, 1.54) is 34.8 Å². The Morgan fingerprint density at radius 2 is 1.91 bits per heavy atom. The van der Waals surface area contributed by atoms with Crippen molar-refractivity contribution >= 4 is 33.7 Å². The first-order chi connectivity index (χ1) is 15.8. The fourth-order valence-corrected chi connectivity index (χ4v) is 5.55. The van der Waals surface area contributed by atoms with E-state index in [0.29, 0.717) is 35.8 Å². The molecule has 178 valence electrons. The van der Waals surface area contributed by atoms with Crippen LogP contribution in [0.25, 0.3) is 0 Å². The van der Waals surface area contributed by atoms with Crippen LogP contribution in [0.5, 0.6) is 11.5 Å². The summed E-state index contributed by atoms with van der Waals surface area (Å²) in [5.41, 5.74) is 2.72. The Morgan fingerprint density at radius 3 is 2.58 bits per heavy atom. The van der Waals surface area contributed by atoms with Crippen LogP contribution in [0.4, 0.5) is 0 Å². The molecule has 8 nitrogen and oxygen atoms in total. The Labute approximate surface area is 199 Å². The molecule has 2 aromatic carbocycles. The summed E-state index contributed by atoms with van der Waals surface area (Å²) in [6, 6.07) is 10.6. The van der Waals surface area contributed by atoms with Crippen molar-refractivity contribution < 1.29 is 23.1 Å². The minimum absolute atomic E-state index is 0.0893. The zero-order chi connectivity index (χ0) is 23.8. The highest BCUT2D eigenvalue weighted by atomic mass is 35.5. The Hall–Kier alpha value is -2.62. The number of ether oxygens (including phenoxy) is 1. The van der Waals surface area contributed by atoms with E-state index < -0.39 is 15.9 Å². The summed E-state index contributed by atoms with van der Waals surface area (Å²) >= 11 is 5.91. The van der Waals surface area contributed by atoms with Gasteiger partial charge >= 0.3 is 0 Å². The first kappa shape index (κ1) is 25.0. The van der Waals surface area contributed by atoms with Crippen LogP contribution >= 0.6 is 11.6 Å². The van der Waals surface area contributed by atoms with Gasteiger partial charge in [0.05, 0.1) is 24.3 Å². The zero-order valence-electron chi connectivity index (χ0n) is 18.4. The summed E-state index contributed by atoms with van der Waals surface area (Å²) in [6.45, 7) is 1.83. The molecule has 1 saturated carbocycles. The van der Waals surface area contributed by atoms with Crippen LogP contribution in [0.15, 0.2) is 52.5 Å². The quantitative estimate of drug-likeness (QED) is 0.406. The van der Waals surface area contributed by atoms with Crippen molar-refractivity contribution in [1.82, 2.24) is 9.73 Å². The molecule has 1 amide bonds. The normalized spacial score (nSPS) is 15.1. The van der Waals surface area contributed by atoms with Gasteiger partial charge in [0.2, 0.25) is 10.0 Å². The topological polar surface area (TPSA) is 108 Å². The average molecular weight is 494 g/mol. The maximum atomic E-state index is 13.3. The van der Waals surface area contributed by atoms with Gasteiger partial charge in [0.15, 0.2) is 11.5 Å². The molecule has 10 heteroatoms. The number of aromatic hydroxyl groups is 1. The van der Waals surface area contributed by atoms with Crippen LogP contribution < -0.4 is 10.2 Å². The maximum Gasteiger partial charge on any atom is 0.255 e. The van der Waals surface area contributed by atoms with Gasteiger partial charge in [-0.3, -0.25) is 4.79 Å². The van der Waals surface area contributed by atoms with Gasteiger partial charge in [-0.1, -0.05) is 36.9 Å². The molecule has 1 aliphatic rings. The Balaban J connectivity index is 1.75. The predicted octanol–water partition coefficient (Wildman–Crippen LogP) is 3.92. The Bertz CT molecular complexity index is 1080. The summed E-state index contributed by atoms with van der Waals surface area (Å²) in [5, 5.41) is 14.5. The van der Waals surface area contributed by atoms with Crippen molar-refractivity contribution in [2.45, 2.75) is 50.0 Å². The molecule has 0 spiro atoms. The number of nitrogens with zero attached hydrogens (tertiary/aromatic N) is 2. The van der Waals surface area contributed by atoms with Crippen LogP contribution in [0.3, 0.4) is 0 Å². The highest BCUT2D eigenvalue weighted by Crippen LogP contribution is 2.29. The number of sulfonamides is 1. The van der Waals surface area contributed by atoms with Gasteiger partial charge in [-0.05, 0) is 56.2 Å². The fraction of sp³-hybridized carbons (Fsp3) is 0.391. The monoisotopic (exact) mass is 493 g/mol. The number of hydrazone groups is 1. The van der Waals surface area contributed by atoms with E-state index in [0.717, 1.165) is 19.3 Å². The van der Waals surface area contributed by atoms with Gasteiger partial charge in [-0.15, -0.1) is 0 Å². The molecule has 0 bridgehead atoms. The summed E-state index contributed by atoms with van der Waals surface area (Å²) in [5.74, 6) is -0.355. The first-order valence-electron chi connectivity index (χ1n) is 10.9. The van der Waals surface area contributed by atoms with Crippen molar-refractivity contribution in [2.24, 2.45) is 5.10 Å². The second-order valence-electron chi connectivity index (χ2n) is 7.72. The third kappa shape index (κ3) is 6.46.